The topological polar surface area (TPSA) is 310 Å². The zero-order chi connectivity index (χ0) is 44.5. The van der Waals surface area contributed by atoms with Gasteiger partial charge in [-0.3, -0.25) is 43.3 Å². The highest BCUT2D eigenvalue weighted by atomic mass is 32.2. The number of nitrogens with two attached hydrogens (primary N) is 2. The number of hydrogen-bond acceptors (Lipinski definition) is 15. The van der Waals surface area contributed by atoms with E-state index in [4.69, 9.17) is 36.4 Å². The Morgan fingerprint density at radius 1 is 0.719 bits per heavy atom. The number of amides is 1. The van der Waals surface area contributed by atoms with Gasteiger partial charge in [-0.25, -0.2) is 0 Å². The molecule has 22 heteroatoms. The number of aliphatic carboxylic acids is 3. The maximum Gasteiger partial charge on any atom is 0.323 e. The van der Waals surface area contributed by atoms with E-state index in [9.17, 15) is 37.2 Å². The Labute approximate surface area is 338 Å². The molecule has 0 saturated carbocycles. The number of primary amides is 1. The van der Waals surface area contributed by atoms with Gasteiger partial charge in [-0.2, -0.15) is 8.42 Å². The number of rotatable bonds is 17. The van der Waals surface area contributed by atoms with Crippen LogP contribution in [0, 0.1) is 0 Å². The van der Waals surface area contributed by atoms with Crippen LogP contribution < -0.4 is 16.4 Å². The third kappa shape index (κ3) is 36.9. The Morgan fingerprint density at radius 2 is 1.14 bits per heavy atom. The first-order valence-electron chi connectivity index (χ1n) is 19.1. The number of aliphatic hydroxyl groups excluding tert-OH is 1. The minimum Gasteiger partial charge on any atom is -0.480 e. The molecular formula is C35H73N8O13S+. The van der Waals surface area contributed by atoms with Crippen LogP contribution in [-0.2, 0) is 38.9 Å². The molecule has 0 atom stereocenters. The molecule has 2 aliphatic heterocycles. The van der Waals surface area contributed by atoms with Crippen molar-refractivity contribution in [2.45, 2.75) is 57.4 Å². The first kappa shape index (κ1) is 58.1. The Hall–Kier alpha value is -3.19. The lowest BCUT2D eigenvalue weighted by atomic mass is 9.89. The summed E-state index contributed by atoms with van der Waals surface area (Å²) in [6.07, 6.45) is 7.61. The lowest BCUT2D eigenvalue weighted by Crippen LogP contribution is -3.05. The number of quaternary nitrogens is 1. The van der Waals surface area contributed by atoms with E-state index >= 15 is 0 Å². The molecule has 0 aromatic carbocycles. The van der Waals surface area contributed by atoms with Gasteiger partial charge in [0.2, 0.25) is 5.91 Å². The number of aliphatic hydroxyl groups is 1. The van der Waals surface area contributed by atoms with Crippen LogP contribution >= 0.6 is 0 Å². The van der Waals surface area contributed by atoms with Crippen LogP contribution in [0.4, 0.5) is 0 Å². The van der Waals surface area contributed by atoms with Crippen molar-refractivity contribution in [1.82, 2.24) is 24.5 Å². The summed E-state index contributed by atoms with van der Waals surface area (Å²) in [6, 6.07) is 0. The number of carboxylic acid groups (broad SMARTS) is 3. The molecular weight excluding hydrogens is 772 g/mol. The average Bonchev–Trinajstić information content (AvgIpc) is 3.11. The third-order valence-electron chi connectivity index (χ3n) is 8.67. The van der Waals surface area contributed by atoms with E-state index in [-0.39, 0.29) is 31.9 Å². The summed E-state index contributed by atoms with van der Waals surface area (Å²) < 4.78 is 28.6. The maximum atomic E-state index is 11.3. The lowest BCUT2D eigenvalue weighted by molar-refractivity contribution is -0.858. The monoisotopic (exact) mass is 846 g/mol. The largest absolute Gasteiger partial charge is 0.480 e. The molecule has 2 heterocycles. The van der Waals surface area contributed by atoms with Gasteiger partial charge in [-0.1, -0.05) is 19.8 Å². The van der Waals surface area contributed by atoms with Gasteiger partial charge in [-0.15, -0.1) is 0 Å². The Balaban J connectivity index is -0.000000793. The summed E-state index contributed by atoms with van der Waals surface area (Å²) >= 11 is 0. The van der Waals surface area contributed by atoms with Crippen molar-refractivity contribution in [3.05, 3.63) is 0 Å². The molecule has 2 aliphatic rings. The number of aldehydes is 2. The smallest absolute Gasteiger partial charge is 0.323 e. The quantitative estimate of drug-likeness (QED) is 0.0397. The van der Waals surface area contributed by atoms with Crippen LogP contribution in [0.25, 0.3) is 0 Å². The van der Waals surface area contributed by atoms with Crippen molar-refractivity contribution in [3.63, 3.8) is 0 Å². The predicted octanol–water partition coefficient (Wildman–Crippen LogP) is -3.66. The number of likely N-dealkylation sites (tertiary alicyclic amines) is 1. The summed E-state index contributed by atoms with van der Waals surface area (Å²) in [5, 5.41) is 33.9. The van der Waals surface area contributed by atoms with Gasteiger partial charge in [0.15, 0.2) is 0 Å². The first-order valence-corrected chi connectivity index (χ1v) is 20.7. The number of hydrogen-bond donors (Lipinski definition) is 8. The molecule has 21 nitrogen and oxygen atoms in total. The Morgan fingerprint density at radius 3 is 1.46 bits per heavy atom. The highest BCUT2D eigenvalue weighted by molar-refractivity contribution is 7.85. The fraction of sp³-hybridized carbons (Fsp3) is 0.829. The van der Waals surface area contributed by atoms with Crippen LogP contribution in [-0.4, -0.2) is 232 Å². The van der Waals surface area contributed by atoms with Crippen molar-refractivity contribution in [3.8, 4) is 0 Å². The van der Waals surface area contributed by atoms with Gasteiger partial charge in [0.05, 0.1) is 52.6 Å². The summed E-state index contributed by atoms with van der Waals surface area (Å²) in [5.41, 5.74) is 9.96. The van der Waals surface area contributed by atoms with E-state index in [0.717, 1.165) is 52.2 Å². The summed E-state index contributed by atoms with van der Waals surface area (Å²) in [5.74, 6) is -3.39. The minimum absolute atomic E-state index is 0.0565. The standard InChI is InChI=1S/C16H29N5O6.C7H14N2O2.C6H12O.C5H13NO3S.CH4O/c17-14(23)11-19-3-1-18(9-10-22)2-4-20(12-15(24)25)7-8-21(6-5-19)13-16(26)27;1-9-4-2-7(8,3-5-9)6(10)11;1-2-3-4-5-6-7;1-6(2)4-3-5-10(7,8)9;1-2/h10H,1-9,11-13H2,(H2,17,23)(H,24,25)(H,26,27);2-5,8H2,1H3,(H,10,11);6H,2-5H2,1H3;3-5H2,1-2H3,(H,7,8,9);2H,1H3/p+1. The van der Waals surface area contributed by atoms with Crippen molar-refractivity contribution < 1.29 is 67.1 Å². The molecule has 10 N–H and O–H groups in total. The zero-order valence-corrected chi connectivity index (χ0v) is 35.5. The van der Waals surface area contributed by atoms with Crippen molar-refractivity contribution in [1.29, 1.82) is 0 Å². The van der Waals surface area contributed by atoms with E-state index < -0.39 is 39.5 Å². The molecule has 0 unspecified atom stereocenters. The highest BCUT2D eigenvalue weighted by Crippen LogP contribution is 2.18. The van der Waals surface area contributed by atoms with Crippen molar-refractivity contribution >= 4 is 46.5 Å². The van der Waals surface area contributed by atoms with E-state index in [2.05, 4.69) is 11.8 Å². The first-order chi connectivity index (χ1) is 26.7. The second kappa shape index (κ2) is 34.8. The second-order valence-corrected chi connectivity index (χ2v) is 15.6. The van der Waals surface area contributed by atoms with Gasteiger partial charge >= 0.3 is 17.9 Å². The number of carbonyl (C=O) groups excluding carboxylic acids is 3. The fourth-order valence-corrected chi connectivity index (χ4v) is 5.77. The molecule has 57 heavy (non-hydrogen) atoms. The Kier molecular flexibility index (Phi) is 35.5. The van der Waals surface area contributed by atoms with Gasteiger partial charge in [0.1, 0.15) is 18.1 Å². The number of nitrogens with one attached hydrogen (secondary N) is 1. The van der Waals surface area contributed by atoms with Crippen LogP contribution in [0.15, 0.2) is 0 Å². The van der Waals surface area contributed by atoms with Gasteiger partial charge in [-0.05, 0) is 26.3 Å². The number of nitrogens with zero attached hydrogens (tertiary/aromatic N) is 5. The average molecular weight is 846 g/mol. The molecule has 0 spiro atoms. The molecule has 0 aromatic heterocycles. The molecule has 2 rings (SSSR count). The number of piperidine rings is 1. The molecule has 0 aliphatic carbocycles. The van der Waals surface area contributed by atoms with Gasteiger partial charge in [0, 0.05) is 85.4 Å². The SMILES string of the molecule is CCCCCC=O.CN1CCC(N)(C(=O)O)CC1.CO.C[NH+](C)CCCS(=O)(=O)O.NC(=O)CN1CCN(CC=O)CCN(CC(=O)O)CCN(CC(=O)O)CC1. The molecule has 0 radical (unpaired) electrons. The normalized spacial score (nSPS) is 17.5. The zero-order valence-electron chi connectivity index (χ0n) is 34.7. The van der Waals surface area contributed by atoms with Crippen LogP contribution in [0.2, 0.25) is 0 Å². The molecule has 336 valence electrons. The fourth-order valence-electron chi connectivity index (χ4n) is 5.26. The van der Waals surface area contributed by atoms with Gasteiger partial charge < -0.3 is 51.3 Å². The van der Waals surface area contributed by atoms with Crippen LogP contribution in [0.5, 0.6) is 0 Å². The number of carboxylic acids is 3. The van der Waals surface area contributed by atoms with E-state index in [1.807, 2.05) is 30.9 Å². The third-order valence-corrected chi connectivity index (χ3v) is 9.47. The van der Waals surface area contributed by atoms with E-state index in [1.54, 1.807) is 9.80 Å². The maximum absolute atomic E-state index is 11.3. The molecule has 0 aromatic rings. The molecule has 2 fully saturated rings. The number of carbonyl (C=O) groups is 6. The summed E-state index contributed by atoms with van der Waals surface area (Å²) in [7, 11) is 3.11. The van der Waals surface area contributed by atoms with Crippen molar-refractivity contribution in [2.24, 2.45) is 11.5 Å². The second-order valence-electron chi connectivity index (χ2n) is 14.1. The minimum atomic E-state index is -3.73. The Bertz CT molecular complexity index is 1190. The van der Waals surface area contributed by atoms with Crippen LogP contribution in [0.3, 0.4) is 0 Å². The molecule has 0 bridgehead atoms. The van der Waals surface area contributed by atoms with E-state index in [0.29, 0.717) is 71.6 Å². The number of unbranched alkanes of at least 4 members (excludes halogenated alkanes) is 3. The predicted molar refractivity (Wildman–Crippen MR) is 215 cm³/mol. The van der Waals surface area contributed by atoms with Crippen LogP contribution in [0.1, 0.15) is 51.9 Å². The van der Waals surface area contributed by atoms with Gasteiger partial charge in [0.25, 0.3) is 10.1 Å². The lowest BCUT2D eigenvalue weighted by Gasteiger charge is -2.33. The molecule has 1 amide bonds. The summed E-state index contributed by atoms with van der Waals surface area (Å²) in [4.78, 5) is 75.2. The highest BCUT2D eigenvalue weighted by Gasteiger charge is 2.36. The van der Waals surface area contributed by atoms with E-state index in [1.165, 1.54) is 17.7 Å². The van der Waals surface area contributed by atoms with Crippen molar-refractivity contribution in [2.75, 3.05) is 132 Å². The summed E-state index contributed by atoms with van der Waals surface area (Å²) in [6.45, 7) is 8.01. The molecule has 2 saturated heterocycles.